The summed E-state index contributed by atoms with van der Waals surface area (Å²) in [6.07, 6.45) is 2.04. The van der Waals surface area contributed by atoms with Crippen molar-refractivity contribution >= 4 is 40.5 Å². The number of rotatable bonds is 5. The van der Waals surface area contributed by atoms with Crippen molar-refractivity contribution in [3.05, 3.63) is 64.8 Å². The van der Waals surface area contributed by atoms with E-state index in [0.29, 0.717) is 28.8 Å². The second kappa shape index (κ2) is 7.86. The van der Waals surface area contributed by atoms with E-state index >= 15 is 0 Å². The first-order chi connectivity index (χ1) is 13.6. The summed E-state index contributed by atoms with van der Waals surface area (Å²) in [6, 6.07) is 14.8. The summed E-state index contributed by atoms with van der Waals surface area (Å²) in [5, 5.41) is 7.10. The Kier molecular flexibility index (Phi) is 5.12. The fourth-order valence-corrected chi connectivity index (χ4v) is 3.29. The summed E-state index contributed by atoms with van der Waals surface area (Å²) in [4.78, 5) is 21.7. The third-order valence-corrected chi connectivity index (χ3v) is 4.77. The van der Waals surface area contributed by atoms with Gasteiger partial charge in [-0.1, -0.05) is 17.7 Å². The standard InChI is InChI=1S/C21H19ClN4O2/c1-28-16-5-2-4-15(12-16)23-20-19-17(6-3-7-18(19)27)25-21(26-20)24-14-10-8-13(22)9-11-14/h2,4-5,8-12H,3,6-7H2,1H3,(H2,23,24,25,26). The van der Waals surface area contributed by atoms with Crippen molar-refractivity contribution in [2.45, 2.75) is 19.3 Å². The average Bonchev–Trinajstić information content (AvgIpc) is 2.70. The minimum Gasteiger partial charge on any atom is -0.497 e. The number of Topliss-reactive ketones (excluding diaryl/α,β-unsaturated/α-hetero) is 1. The average molecular weight is 395 g/mol. The maximum atomic E-state index is 12.5. The van der Waals surface area contributed by atoms with Crippen LogP contribution in [0.3, 0.4) is 0 Å². The van der Waals surface area contributed by atoms with E-state index in [9.17, 15) is 4.79 Å². The van der Waals surface area contributed by atoms with Crippen molar-refractivity contribution in [3.8, 4) is 5.75 Å². The summed E-state index contributed by atoms with van der Waals surface area (Å²) in [5.74, 6) is 1.71. The van der Waals surface area contributed by atoms with E-state index in [-0.39, 0.29) is 5.78 Å². The van der Waals surface area contributed by atoms with Crippen molar-refractivity contribution in [2.75, 3.05) is 17.7 Å². The molecule has 3 aromatic rings. The molecule has 0 saturated heterocycles. The number of nitrogens with one attached hydrogen (secondary N) is 2. The molecular weight excluding hydrogens is 376 g/mol. The molecule has 0 spiro atoms. The Labute approximate surface area is 167 Å². The van der Waals surface area contributed by atoms with Gasteiger partial charge in [-0.3, -0.25) is 4.79 Å². The highest BCUT2D eigenvalue weighted by Crippen LogP contribution is 2.30. The number of aryl methyl sites for hydroxylation is 1. The number of nitrogens with zero attached hydrogens (tertiary/aromatic N) is 2. The van der Waals surface area contributed by atoms with Gasteiger partial charge in [-0.25, -0.2) is 4.98 Å². The van der Waals surface area contributed by atoms with Crippen LogP contribution in [0.2, 0.25) is 5.02 Å². The Hall–Kier alpha value is -3.12. The zero-order valence-electron chi connectivity index (χ0n) is 15.3. The Morgan fingerprint density at radius 1 is 1.00 bits per heavy atom. The third kappa shape index (κ3) is 3.92. The lowest BCUT2D eigenvalue weighted by Crippen LogP contribution is -2.17. The molecule has 1 heterocycles. The Bertz CT molecular complexity index is 1020. The van der Waals surface area contributed by atoms with Crippen LogP contribution in [0.4, 0.5) is 23.1 Å². The molecule has 0 radical (unpaired) electrons. The van der Waals surface area contributed by atoms with Crippen molar-refractivity contribution in [1.29, 1.82) is 0 Å². The molecule has 0 saturated carbocycles. The van der Waals surface area contributed by atoms with Crippen molar-refractivity contribution in [2.24, 2.45) is 0 Å². The molecule has 7 heteroatoms. The van der Waals surface area contributed by atoms with E-state index in [1.165, 1.54) is 0 Å². The number of ketones is 1. The number of aromatic nitrogens is 2. The van der Waals surface area contributed by atoms with E-state index in [4.69, 9.17) is 16.3 Å². The van der Waals surface area contributed by atoms with Crippen LogP contribution in [0, 0.1) is 0 Å². The summed E-state index contributed by atoms with van der Waals surface area (Å²) in [5.41, 5.74) is 2.93. The molecule has 0 fully saturated rings. The Balaban J connectivity index is 1.72. The van der Waals surface area contributed by atoms with Crippen LogP contribution >= 0.6 is 11.6 Å². The molecule has 0 unspecified atom stereocenters. The summed E-state index contributed by atoms with van der Waals surface area (Å²) in [6.45, 7) is 0. The van der Waals surface area contributed by atoms with Crippen LogP contribution in [-0.4, -0.2) is 22.9 Å². The highest BCUT2D eigenvalue weighted by Gasteiger charge is 2.24. The first-order valence-electron chi connectivity index (χ1n) is 9.00. The molecule has 0 bridgehead atoms. The molecular formula is C21H19ClN4O2. The second-order valence-corrected chi connectivity index (χ2v) is 6.92. The van der Waals surface area contributed by atoms with Crippen LogP contribution in [0.25, 0.3) is 0 Å². The largest absolute Gasteiger partial charge is 0.497 e. The summed E-state index contributed by atoms with van der Waals surface area (Å²) < 4.78 is 5.28. The van der Waals surface area contributed by atoms with Gasteiger partial charge in [-0.05, 0) is 49.2 Å². The number of halogens is 1. The van der Waals surface area contributed by atoms with E-state index < -0.39 is 0 Å². The molecule has 0 amide bonds. The van der Waals surface area contributed by atoms with Gasteiger partial charge in [0, 0.05) is 28.9 Å². The highest BCUT2D eigenvalue weighted by atomic mass is 35.5. The number of fused-ring (bicyclic) bond motifs is 1. The predicted molar refractivity (Wildman–Crippen MR) is 110 cm³/mol. The minimum absolute atomic E-state index is 0.0599. The predicted octanol–water partition coefficient (Wildman–Crippen LogP) is 5.14. The number of ether oxygens (including phenoxy) is 1. The zero-order chi connectivity index (χ0) is 19.5. The van der Waals surface area contributed by atoms with Crippen LogP contribution in [0.1, 0.15) is 28.9 Å². The lowest BCUT2D eigenvalue weighted by Gasteiger charge is -2.19. The SMILES string of the molecule is COc1cccc(Nc2nc(Nc3ccc(Cl)cc3)nc3c2C(=O)CCC3)c1. The van der Waals surface area contributed by atoms with Crippen LogP contribution in [0.15, 0.2) is 48.5 Å². The number of carbonyl (C=O) groups is 1. The Morgan fingerprint density at radius 2 is 1.82 bits per heavy atom. The molecule has 2 N–H and O–H groups in total. The molecule has 1 aliphatic carbocycles. The fourth-order valence-electron chi connectivity index (χ4n) is 3.17. The van der Waals surface area contributed by atoms with E-state index in [2.05, 4.69) is 20.6 Å². The zero-order valence-corrected chi connectivity index (χ0v) is 16.1. The molecule has 0 atom stereocenters. The van der Waals surface area contributed by atoms with E-state index in [1.807, 2.05) is 36.4 Å². The smallest absolute Gasteiger partial charge is 0.229 e. The minimum atomic E-state index is 0.0599. The highest BCUT2D eigenvalue weighted by molar-refractivity contribution is 6.30. The van der Waals surface area contributed by atoms with Crippen molar-refractivity contribution < 1.29 is 9.53 Å². The first kappa shape index (κ1) is 18.3. The lowest BCUT2D eigenvalue weighted by atomic mass is 9.95. The van der Waals surface area contributed by atoms with E-state index in [1.54, 1.807) is 19.2 Å². The van der Waals surface area contributed by atoms with Gasteiger partial charge < -0.3 is 15.4 Å². The third-order valence-electron chi connectivity index (χ3n) is 4.51. The quantitative estimate of drug-likeness (QED) is 0.623. The van der Waals surface area contributed by atoms with Crippen LogP contribution in [-0.2, 0) is 6.42 Å². The maximum Gasteiger partial charge on any atom is 0.229 e. The van der Waals surface area contributed by atoms with Gasteiger partial charge in [0.15, 0.2) is 5.78 Å². The number of methoxy groups -OCH3 is 1. The van der Waals surface area contributed by atoms with E-state index in [0.717, 1.165) is 35.7 Å². The number of hydrogen-bond donors (Lipinski definition) is 2. The lowest BCUT2D eigenvalue weighted by molar-refractivity contribution is 0.0972. The Morgan fingerprint density at radius 3 is 2.61 bits per heavy atom. The van der Waals surface area contributed by atoms with Gasteiger partial charge in [0.2, 0.25) is 5.95 Å². The summed E-state index contributed by atoms with van der Waals surface area (Å²) in [7, 11) is 1.61. The fraction of sp³-hybridized carbons (Fsp3) is 0.190. The number of benzene rings is 2. The molecule has 1 aliphatic rings. The molecule has 6 nitrogen and oxygen atoms in total. The van der Waals surface area contributed by atoms with Gasteiger partial charge in [-0.15, -0.1) is 0 Å². The van der Waals surface area contributed by atoms with Gasteiger partial charge in [0.25, 0.3) is 0 Å². The number of hydrogen-bond acceptors (Lipinski definition) is 6. The van der Waals surface area contributed by atoms with Gasteiger partial charge in [0.1, 0.15) is 11.6 Å². The molecule has 28 heavy (non-hydrogen) atoms. The normalized spacial score (nSPS) is 13.0. The van der Waals surface area contributed by atoms with Crippen LogP contribution in [0.5, 0.6) is 5.75 Å². The monoisotopic (exact) mass is 394 g/mol. The molecule has 0 aliphatic heterocycles. The van der Waals surface area contributed by atoms with Crippen LogP contribution < -0.4 is 15.4 Å². The summed E-state index contributed by atoms with van der Waals surface area (Å²) >= 11 is 5.95. The number of carbonyl (C=O) groups excluding carboxylic acids is 1. The molecule has 4 rings (SSSR count). The van der Waals surface area contributed by atoms with Crippen molar-refractivity contribution in [3.63, 3.8) is 0 Å². The molecule has 142 valence electrons. The van der Waals surface area contributed by atoms with Gasteiger partial charge in [0.05, 0.1) is 18.4 Å². The van der Waals surface area contributed by atoms with Gasteiger partial charge in [-0.2, -0.15) is 4.98 Å². The number of anilines is 4. The van der Waals surface area contributed by atoms with Crippen molar-refractivity contribution in [1.82, 2.24) is 9.97 Å². The second-order valence-electron chi connectivity index (χ2n) is 6.48. The topological polar surface area (TPSA) is 76.1 Å². The van der Waals surface area contributed by atoms with Gasteiger partial charge >= 0.3 is 0 Å². The molecule has 2 aromatic carbocycles. The first-order valence-corrected chi connectivity index (χ1v) is 9.38. The molecule has 1 aromatic heterocycles. The maximum absolute atomic E-state index is 12.5.